The monoisotopic (exact) mass is 308 g/mol. The minimum Gasteiger partial charge on any atom is -0.494 e. The minimum absolute atomic E-state index is 0.658. The van der Waals surface area contributed by atoms with Crippen molar-refractivity contribution in [2.75, 3.05) is 12.3 Å². The molecule has 118 valence electrons. The van der Waals surface area contributed by atoms with Crippen molar-refractivity contribution in [3.8, 4) is 22.7 Å². The summed E-state index contributed by atoms with van der Waals surface area (Å²) in [5.41, 5.74) is 11.5. The number of nitrogens with zero attached hydrogens (tertiary/aromatic N) is 3. The third kappa shape index (κ3) is 3.04. The first kappa shape index (κ1) is 15.1. The van der Waals surface area contributed by atoms with Crippen LogP contribution in [0.1, 0.15) is 18.1 Å². The standard InChI is InChI=1S/C18H20N4O/c1-4-23-18-9-12(2)16(8-13(18)3)17-11-22(21-20-17)15-7-5-6-14(19)10-15/h5-11H,4,19H2,1-3H3. The number of aromatic nitrogens is 3. The first-order valence-corrected chi connectivity index (χ1v) is 7.61. The molecule has 0 bridgehead atoms. The average molecular weight is 308 g/mol. The van der Waals surface area contributed by atoms with E-state index in [1.165, 1.54) is 0 Å². The maximum absolute atomic E-state index is 5.83. The average Bonchev–Trinajstić information content (AvgIpc) is 3.00. The van der Waals surface area contributed by atoms with Gasteiger partial charge in [-0.15, -0.1) is 5.10 Å². The van der Waals surface area contributed by atoms with Crippen LogP contribution in [0.5, 0.6) is 5.75 Å². The maximum Gasteiger partial charge on any atom is 0.122 e. The SMILES string of the molecule is CCOc1cc(C)c(-c2cn(-c3cccc(N)c3)nn2)cc1C. The predicted molar refractivity (Wildman–Crippen MR) is 91.9 cm³/mol. The molecule has 0 saturated carbocycles. The summed E-state index contributed by atoms with van der Waals surface area (Å²) in [7, 11) is 0. The van der Waals surface area contributed by atoms with Gasteiger partial charge in [0.15, 0.2) is 0 Å². The van der Waals surface area contributed by atoms with Gasteiger partial charge in [0.2, 0.25) is 0 Å². The summed E-state index contributed by atoms with van der Waals surface area (Å²) in [5.74, 6) is 0.914. The van der Waals surface area contributed by atoms with E-state index in [4.69, 9.17) is 10.5 Å². The minimum atomic E-state index is 0.658. The normalized spacial score (nSPS) is 10.7. The molecule has 0 spiro atoms. The van der Waals surface area contributed by atoms with Crippen LogP contribution in [-0.2, 0) is 0 Å². The summed E-state index contributed by atoms with van der Waals surface area (Å²) in [6, 6.07) is 11.7. The number of hydrogen-bond acceptors (Lipinski definition) is 4. The Morgan fingerprint density at radius 2 is 1.96 bits per heavy atom. The van der Waals surface area contributed by atoms with Gasteiger partial charge in [-0.05, 0) is 62.2 Å². The quantitative estimate of drug-likeness (QED) is 0.749. The molecule has 2 aromatic carbocycles. The Morgan fingerprint density at radius 1 is 1.13 bits per heavy atom. The van der Waals surface area contributed by atoms with Crippen LogP contribution < -0.4 is 10.5 Å². The molecule has 0 atom stereocenters. The molecule has 2 N–H and O–H groups in total. The van der Waals surface area contributed by atoms with Crippen LogP contribution in [-0.4, -0.2) is 21.6 Å². The Labute approximate surface area is 135 Å². The molecule has 0 fully saturated rings. The van der Waals surface area contributed by atoms with Crippen molar-refractivity contribution in [3.05, 3.63) is 53.7 Å². The van der Waals surface area contributed by atoms with Crippen LogP contribution >= 0.6 is 0 Å². The Bertz CT molecular complexity index is 839. The fraction of sp³-hybridized carbons (Fsp3) is 0.222. The second-order valence-corrected chi connectivity index (χ2v) is 5.51. The van der Waals surface area contributed by atoms with Gasteiger partial charge in [-0.2, -0.15) is 0 Å². The van der Waals surface area contributed by atoms with Crippen molar-refractivity contribution in [3.63, 3.8) is 0 Å². The van der Waals surface area contributed by atoms with Crippen molar-refractivity contribution in [1.82, 2.24) is 15.0 Å². The summed E-state index contributed by atoms with van der Waals surface area (Å²) >= 11 is 0. The number of ether oxygens (including phenoxy) is 1. The van der Waals surface area contributed by atoms with Crippen LogP contribution in [0.2, 0.25) is 0 Å². The van der Waals surface area contributed by atoms with Crippen molar-refractivity contribution in [2.24, 2.45) is 0 Å². The predicted octanol–water partition coefficient (Wildman–Crippen LogP) is 3.53. The maximum atomic E-state index is 5.83. The molecule has 5 heteroatoms. The molecule has 3 rings (SSSR count). The Balaban J connectivity index is 1.99. The molecule has 0 aliphatic rings. The Kier molecular flexibility index (Phi) is 4.02. The summed E-state index contributed by atoms with van der Waals surface area (Å²) in [4.78, 5) is 0. The van der Waals surface area contributed by atoms with Gasteiger partial charge in [0.05, 0.1) is 18.5 Å². The van der Waals surface area contributed by atoms with Gasteiger partial charge in [-0.3, -0.25) is 0 Å². The van der Waals surface area contributed by atoms with Gasteiger partial charge in [0, 0.05) is 11.3 Å². The van der Waals surface area contributed by atoms with Crippen LogP contribution in [0.25, 0.3) is 16.9 Å². The molecule has 0 aliphatic carbocycles. The Morgan fingerprint density at radius 3 is 2.70 bits per heavy atom. The van der Waals surface area contributed by atoms with E-state index in [0.29, 0.717) is 12.3 Å². The zero-order chi connectivity index (χ0) is 16.4. The first-order chi connectivity index (χ1) is 11.1. The highest BCUT2D eigenvalue weighted by molar-refractivity contribution is 5.66. The number of benzene rings is 2. The molecule has 0 amide bonds. The molecule has 23 heavy (non-hydrogen) atoms. The van der Waals surface area contributed by atoms with E-state index < -0.39 is 0 Å². The Hall–Kier alpha value is -2.82. The van der Waals surface area contributed by atoms with E-state index in [9.17, 15) is 0 Å². The van der Waals surface area contributed by atoms with Gasteiger partial charge in [-0.25, -0.2) is 4.68 Å². The zero-order valence-electron chi connectivity index (χ0n) is 13.6. The molecular formula is C18H20N4O. The van der Waals surface area contributed by atoms with Crippen molar-refractivity contribution in [1.29, 1.82) is 0 Å². The smallest absolute Gasteiger partial charge is 0.122 e. The number of nitrogens with two attached hydrogens (primary N) is 1. The molecule has 0 aliphatic heterocycles. The topological polar surface area (TPSA) is 66.0 Å². The van der Waals surface area contributed by atoms with E-state index in [1.54, 1.807) is 4.68 Å². The van der Waals surface area contributed by atoms with Crippen molar-refractivity contribution >= 4 is 5.69 Å². The highest BCUT2D eigenvalue weighted by Crippen LogP contribution is 2.29. The lowest BCUT2D eigenvalue weighted by molar-refractivity contribution is 0.337. The number of aryl methyl sites for hydroxylation is 2. The molecule has 0 radical (unpaired) electrons. The highest BCUT2D eigenvalue weighted by atomic mass is 16.5. The number of rotatable bonds is 4. The summed E-state index contributed by atoms with van der Waals surface area (Å²) in [6.45, 7) is 6.73. The van der Waals surface area contributed by atoms with Gasteiger partial charge < -0.3 is 10.5 Å². The fourth-order valence-corrected chi connectivity index (χ4v) is 2.56. The molecule has 5 nitrogen and oxygen atoms in total. The second kappa shape index (κ2) is 6.12. The number of anilines is 1. The largest absolute Gasteiger partial charge is 0.494 e. The molecule has 3 aromatic rings. The van der Waals surface area contributed by atoms with E-state index in [0.717, 1.165) is 33.8 Å². The van der Waals surface area contributed by atoms with E-state index in [1.807, 2.05) is 50.4 Å². The molecule has 0 saturated heterocycles. The summed E-state index contributed by atoms with van der Waals surface area (Å²) < 4.78 is 7.37. The van der Waals surface area contributed by atoms with Gasteiger partial charge in [0.1, 0.15) is 11.4 Å². The zero-order valence-corrected chi connectivity index (χ0v) is 13.6. The molecule has 1 heterocycles. The van der Waals surface area contributed by atoms with E-state index >= 15 is 0 Å². The molecular weight excluding hydrogens is 288 g/mol. The third-order valence-electron chi connectivity index (χ3n) is 3.73. The van der Waals surface area contributed by atoms with E-state index in [-0.39, 0.29) is 0 Å². The van der Waals surface area contributed by atoms with Crippen LogP contribution in [0.15, 0.2) is 42.6 Å². The molecule has 0 unspecified atom stereocenters. The third-order valence-corrected chi connectivity index (χ3v) is 3.73. The molecule has 1 aromatic heterocycles. The fourth-order valence-electron chi connectivity index (χ4n) is 2.56. The number of nitrogen functional groups attached to an aromatic ring is 1. The lowest BCUT2D eigenvalue weighted by Gasteiger charge is -2.11. The van der Waals surface area contributed by atoms with Crippen LogP contribution in [0.4, 0.5) is 5.69 Å². The van der Waals surface area contributed by atoms with Crippen molar-refractivity contribution < 1.29 is 4.74 Å². The van der Waals surface area contributed by atoms with Gasteiger partial charge >= 0.3 is 0 Å². The second-order valence-electron chi connectivity index (χ2n) is 5.51. The lowest BCUT2D eigenvalue weighted by atomic mass is 10.0. The summed E-state index contributed by atoms with van der Waals surface area (Å²) in [6.07, 6.45) is 1.91. The first-order valence-electron chi connectivity index (χ1n) is 7.61. The highest BCUT2D eigenvalue weighted by Gasteiger charge is 2.11. The van der Waals surface area contributed by atoms with Crippen LogP contribution in [0, 0.1) is 13.8 Å². The summed E-state index contributed by atoms with van der Waals surface area (Å²) in [5, 5.41) is 8.51. The lowest BCUT2D eigenvalue weighted by Crippen LogP contribution is -1.96. The van der Waals surface area contributed by atoms with Crippen LogP contribution in [0.3, 0.4) is 0 Å². The van der Waals surface area contributed by atoms with Gasteiger partial charge in [0.25, 0.3) is 0 Å². The van der Waals surface area contributed by atoms with Crippen molar-refractivity contribution in [2.45, 2.75) is 20.8 Å². The number of hydrogen-bond donors (Lipinski definition) is 1. The van der Waals surface area contributed by atoms with Gasteiger partial charge in [-0.1, -0.05) is 11.3 Å². The van der Waals surface area contributed by atoms with E-state index in [2.05, 4.69) is 23.3 Å².